The summed E-state index contributed by atoms with van der Waals surface area (Å²) in [6, 6.07) is 5.83. The molecule has 1 aliphatic heterocycles. The van der Waals surface area contributed by atoms with E-state index in [4.69, 9.17) is 4.42 Å². The maximum Gasteiger partial charge on any atom is 0.336 e. The van der Waals surface area contributed by atoms with Crippen molar-refractivity contribution in [3.63, 3.8) is 0 Å². The summed E-state index contributed by atoms with van der Waals surface area (Å²) in [5, 5.41) is 3.95. The Balaban J connectivity index is 1.66. The first-order chi connectivity index (χ1) is 12.8. The molecule has 2 aromatic rings. The summed E-state index contributed by atoms with van der Waals surface area (Å²) in [7, 11) is 0. The minimum Gasteiger partial charge on any atom is -0.423 e. The average molecular weight is 371 g/mol. The molecule has 0 radical (unpaired) electrons. The minimum atomic E-state index is -0.301. The van der Waals surface area contributed by atoms with Gasteiger partial charge in [-0.15, -0.1) is 0 Å². The minimum absolute atomic E-state index is 0.0796. The Labute approximate surface area is 160 Å². The van der Waals surface area contributed by atoms with Crippen LogP contribution in [0, 0.1) is 13.8 Å². The molecule has 1 aliphatic rings. The first-order valence-corrected chi connectivity index (χ1v) is 9.60. The summed E-state index contributed by atoms with van der Waals surface area (Å²) >= 11 is 0. The fourth-order valence-corrected chi connectivity index (χ4v) is 3.53. The van der Waals surface area contributed by atoms with Crippen LogP contribution in [0.5, 0.6) is 0 Å². The molecule has 0 aliphatic carbocycles. The Bertz CT molecular complexity index is 880. The fraction of sp³-hybridized carbons (Fsp3) is 0.524. The molecule has 1 N–H and O–H groups in total. The summed E-state index contributed by atoms with van der Waals surface area (Å²) in [6.07, 6.45) is 0. The fourth-order valence-electron chi connectivity index (χ4n) is 3.53. The second-order valence-electron chi connectivity index (χ2n) is 7.80. The van der Waals surface area contributed by atoms with Gasteiger partial charge in [0.1, 0.15) is 5.58 Å². The lowest BCUT2D eigenvalue weighted by Gasteiger charge is -2.34. The lowest BCUT2D eigenvalue weighted by molar-refractivity contribution is -0.123. The van der Waals surface area contributed by atoms with Gasteiger partial charge in [0.25, 0.3) is 0 Å². The molecule has 1 aromatic heterocycles. The van der Waals surface area contributed by atoms with Crippen LogP contribution in [0.3, 0.4) is 0 Å². The molecular formula is C21H29N3O3. The molecule has 0 unspecified atom stereocenters. The van der Waals surface area contributed by atoms with E-state index >= 15 is 0 Å². The van der Waals surface area contributed by atoms with Gasteiger partial charge in [-0.25, -0.2) is 4.79 Å². The van der Waals surface area contributed by atoms with Crippen LogP contribution < -0.4 is 10.9 Å². The molecule has 6 nitrogen and oxygen atoms in total. The largest absolute Gasteiger partial charge is 0.423 e. The van der Waals surface area contributed by atoms with E-state index in [9.17, 15) is 9.59 Å². The monoisotopic (exact) mass is 371 g/mol. The molecule has 0 atom stereocenters. The van der Waals surface area contributed by atoms with E-state index in [0.717, 1.165) is 49.2 Å². The number of hydrogen-bond acceptors (Lipinski definition) is 5. The Morgan fingerprint density at radius 2 is 1.70 bits per heavy atom. The number of carbonyl (C=O) groups excluding carboxylic acids is 1. The highest BCUT2D eigenvalue weighted by Crippen LogP contribution is 2.23. The van der Waals surface area contributed by atoms with Crippen molar-refractivity contribution in [2.75, 3.05) is 32.7 Å². The van der Waals surface area contributed by atoms with Crippen LogP contribution in [0.15, 0.2) is 27.4 Å². The van der Waals surface area contributed by atoms with Crippen molar-refractivity contribution in [3.05, 3.63) is 45.3 Å². The van der Waals surface area contributed by atoms with Gasteiger partial charge in [-0.1, -0.05) is 0 Å². The normalized spacial score (nSPS) is 16.2. The molecule has 27 heavy (non-hydrogen) atoms. The quantitative estimate of drug-likeness (QED) is 0.815. The maximum atomic E-state index is 12.0. The second kappa shape index (κ2) is 8.23. The molecule has 0 saturated carbocycles. The number of nitrogens with one attached hydrogen (secondary N) is 1. The lowest BCUT2D eigenvalue weighted by Crippen LogP contribution is -2.49. The Hall–Kier alpha value is -2.18. The number of amides is 1. The van der Waals surface area contributed by atoms with Crippen LogP contribution in [-0.4, -0.2) is 54.5 Å². The van der Waals surface area contributed by atoms with Crippen LogP contribution in [0.4, 0.5) is 0 Å². The van der Waals surface area contributed by atoms with E-state index in [1.165, 1.54) is 5.56 Å². The van der Waals surface area contributed by atoms with E-state index in [0.29, 0.717) is 12.1 Å². The SMILES string of the molecule is Cc1cc2oc(=O)cc(CN3CCN(CC(=O)NC(C)C)CC3)c2cc1C. The van der Waals surface area contributed by atoms with Gasteiger partial charge in [0.15, 0.2) is 0 Å². The molecular weight excluding hydrogens is 342 g/mol. The summed E-state index contributed by atoms with van der Waals surface area (Å²) in [5.41, 5.74) is 3.68. The lowest BCUT2D eigenvalue weighted by atomic mass is 10.0. The number of aryl methyl sites for hydroxylation is 2. The zero-order chi connectivity index (χ0) is 19.6. The van der Waals surface area contributed by atoms with Gasteiger partial charge in [0.2, 0.25) is 5.91 Å². The highest BCUT2D eigenvalue weighted by molar-refractivity contribution is 5.82. The summed E-state index contributed by atoms with van der Waals surface area (Å²) < 4.78 is 5.39. The molecule has 0 spiro atoms. The Kier molecular flexibility index (Phi) is 5.97. The van der Waals surface area contributed by atoms with Crippen molar-refractivity contribution >= 4 is 16.9 Å². The summed E-state index contributed by atoms with van der Waals surface area (Å²) in [4.78, 5) is 28.4. The number of nitrogens with zero attached hydrogens (tertiary/aromatic N) is 2. The topological polar surface area (TPSA) is 65.8 Å². The maximum absolute atomic E-state index is 12.0. The molecule has 2 heterocycles. The van der Waals surface area contributed by atoms with Gasteiger partial charge in [-0.3, -0.25) is 14.6 Å². The number of piperazine rings is 1. The molecule has 146 valence electrons. The molecule has 1 saturated heterocycles. The van der Waals surface area contributed by atoms with Crippen LogP contribution in [-0.2, 0) is 11.3 Å². The van der Waals surface area contributed by atoms with Crippen molar-refractivity contribution in [2.45, 2.75) is 40.3 Å². The third-order valence-corrected chi connectivity index (χ3v) is 5.12. The third-order valence-electron chi connectivity index (χ3n) is 5.12. The molecule has 0 bridgehead atoms. The zero-order valence-corrected chi connectivity index (χ0v) is 16.7. The molecule has 6 heteroatoms. The number of hydrogen-bond donors (Lipinski definition) is 1. The predicted octanol–water partition coefficient (Wildman–Crippen LogP) is 2.05. The molecule has 1 fully saturated rings. The van der Waals surface area contributed by atoms with Gasteiger partial charge in [0.05, 0.1) is 6.54 Å². The van der Waals surface area contributed by atoms with E-state index < -0.39 is 0 Å². The third kappa shape index (κ3) is 4.96. The number of benzene rings is 1. The molecule has 3 rings (SSSR count). The van der Waals surface area contributed by atoms with Crippen molar-refractivity contribution in [1.29, 1.82) is 0 Å². The van der Waals surface area contributed by atoms with Crippen molar-refractivity contribution in [3.8, 4) is 0 Å². The highest BCUT2D eigenvalue weighted by Gasteiger charge is 2.20. The van der Waals surface area contributed by atoms with Crippen LogP contribution >= 0.6 is 0 Å². The van der Waals surface area contributed by atoms with E-state index in [1.54, 1.807) is 6.07 Å². The van der Waals surface area contributed by atoms with Gasteiger partial charge in [0, 0.05) is 50.2 Å². The smallest absolute Gasteiger partial charge is 0.336 e. The van der Waals surface area contributed by atoms with Crippen molar-refractivity contribution < 1.29 is 9.21 Å². The standard InChI is InChI=1S/C21H29N3O3/c1-14(2)22-20(25)13-24-7-5-23(6-8-24)12-17-11-21(26)27-19-10-16(4)15(3)9-18(17)19/h9-11,14H,5-8,12-13H2,1-4H3,(H,22,25). The van der Waals surface area contributed by atoms with Gasteiger partial charge < -0.3 is 9.73 Å². The van der Waals surface area contributed by atoms with E-state index in [1.807, 2.05) is 26.8 Å². The van der Waals surface area contributed by atoms with Crippen LogP contribution in [0.1, 0.15) is 30.5 Å². The first-order valence-electron chi connectivity index (χ1n) is 9.60. The number of fused-ring (bicyclic) bond motifs is 1. The van der Waals surface area contributed by atoms with Gasteiger partial charge in [-0.05, 0) is 56.5 Å². The second-order valence-corrected chi connectivity index (χ2v) is 7.80. The first kappa shape index (κ1) is 19.6. The van der Waals surface area contributed by atoms with E-state index in [-0.39, 0.29) is 17.6 Å². The molecule has 1 amide bonds. The Morgan fingerprint density at radius 1 is 1.07 bits per heavy atom. The summed E-state index contributed by atoms with van der Waals surface area (Å²) in [6.45, 7) is 12.7. The van der Waals surface area contributed by atoms with Crippen LogP contribution in [0.2, 0.25) is 0 Å². The number of rotatable bonds is 5. The number of carbonyl (C=O) groups is 1. The zero-order valence-electron chi connectivity index (χ0n) is 16.7. The van der Waals surface area contributed by atoms with E-state index in [2.05, 4.69) is 28.1 Å². The summed E-state index contributed by atoms with van der Waals surface area (Å²) in [5.74, 6) is 0.0796. The Morgan fingerprint density at radius 3 is 2.37 bits per heavy atom. The van der Waals surface area contributed by atoms with Crippen LogP contribution in [0.25, 0.3) is 11.0 Å². The predicted molar refractivity (Wildman–Crippen MR) is 107 cm³/mol. The van der Waals surface area contributed by atoms with Gasteiger partial charge in [-0.2, -0.15) is 0 Å². The molecule has 1 aromatic carbocycles. The van der Waals surface area contributed by atoms with Gasteiger partial charge >= 0.3 is 5.63 Å². The highest BCUT2D eigenvalue weighted by atomic mass is 16.4. The van der Waals surface area contributed by atoms with Crippen molar-refractivity contribution in [2.24, 2.45) is 0 Å². The van der Waals surface area contributed by atoms with Crippen molar-refractivity contribution in [1.82, 2.24) is 15.1 Å². The average Bonchev–Trinajstić information content (AvgIpc) is 2.57.